The monoisotopic (exact) mass is 413 g/mol. The highest BCUT2D eigenvalue weighted by Gasteiger charge is 2.48. The Labute approximate surface area is 144 Å². The molecule has 114 valence electrons. The number of hydrazine groups is 1. The predicted molar refractivity (Wildman–Crippen MR) is 86.6 cm³/mol. The summed E-state index contributed by atoms with van der Waals surface area (Å²) in [5, 5.41) is 0. The highest BCUT2D eigenvalue weighted by atomic mass is 79.9. The van der Waals surface area contributed by atoms with Gasteiger partial charge in [0.2, 0.25) is 0 Å². The molecule has 1 aromatic rings. The number of nitrogens with zero attached hydrogens (tertiary/aromatic N) is 2. The molecule has 1 unspecified atom stereocenters. The van der Waals surface area contributed by atoms with E-state index in [1.807, 2.05) is 24.3 Å². The standard InChI is InChI=1S/C12H11BrCl2FN3OS/c13-8-3-5-9(6-4-8)18-10(7-1-2-7)17-19(11(18)20)21-12(14,15)16/h3-7,10,17H,1-2H2. The van der Waals surface area contributed by atoms with Crippen LogP contribution in [0, 0.1) is 5.92 Å². The quantitative estimate of drug-likeness (QED) is 0.575. The maximum atomic E-state index is 13.4. The fourth-order valence-electron chi connectivity index (χ4n) is 2.22. The van der Waals surface area contributed by atoms with Gasteiger partial charge in [0.15, 0.2) is 0 Å². The Morgan fingerprint density at radius 2 is 1.95 bits per heavy atom. The maximum absolute atomic E-state index is 13.4. The summed E-state index contributed by atoms with van der Waals surface area (Å²) in [6, 6.07) is 6.98. The van der Waals surface area contributed by atoms with Crippen LogP contribution in [-0.2, 0) is 0 Å². The third-order valence-corrected chi connectivity index (χ3v) is 4.87. The molecular formula is C12H11BrCl2FN3OS. The van der Waals surface area contributed by atoms with Crippen LogP contribution in [0.25, 0.3) is 0 Å². The van der Waals surface area contributed by atoms with E-state index in [9.17, 15) is 9.18 Å². The van der Waals surface area contributed by atoms with Gasteiger partial charge in [-0.3, -0.25) is 4.90 Å². The summed E-state index contributed by atoms with van der Waals surface area (Å²) >= 11 is 14.4. The number of halogens is 4. The van der Waals surface area contributed by atoms with E-state index < -0.39 is 3.92 Å². The van der Waals surface area contributed by atoms with Gasteiger partial charge in [0.1, 0.15) is 6.17 Å². The molecule has 4 nitrogen and oxygen atoms in total. The van der Waals surface area contributed by atoms with E-state index in [-0.39, 0.29) is 12.2 Å². The molecule has 1 aliphatic heterocycles. The molecule has 9 heteroatoms. The zero-order chi connectivity index (χ0) is 15.2. The number of benzene rings is 1. The molecule has 2 amide bonds. The van der Waals surface area contributed by atoms with Crippen molar-refractivity contribution in [1.29, 1.82) is 0 Å². The lowest BCUT2D eigenvalue weighted by molar-refractivity contribution is 0.235. The summed E-state index contributed by atoms with van der Waals surface area (Å²) in [6.07, 6.45) is 1.85. The summed E-state index contributed by atoms with van der Waals surface area (Å²) < 4.78 is 12.8. The number of anilines is 1. The van der Waals surface area contributed by atoms with Crippen molar-refractivity contribution in [2.24, 2.45) is 5.92 Å². The first-order valence-corrected chi connectivity index (χ1v) is 8.58. The average Bonchev–Trinajstić information content (AvgIpc) is 3.17. The molecule has 2 aliphatic rings. The van der Waals surface area contributed by atoms with Crippen molar-refractivity contribution in [3.8, 4) is 0 Å². The van der Waals surface area contributed by atoms with E-state index in [0.29, 0.717) is 17.9 Å². The minimum absolute atomic E-state index is 0.207. The summed E-state index contributed by atoms with van der Waals surface area (Å²) in [5.74, 6) is 0.350. The van der Waals surface area contributed by atoms with Crippen molar-refractivity contribution in [3.63, 3.8) is 0 Å². The van der Waals surface area contributed by atoms with Gasteiger partial charge in [-0.1, -0.05) is 39.1 Å². The number of nitrogens with one attached hydrogen (secondary N) is 1. The van der Waals surface area contributed by atoms with Crippen molar-refractivity contribution >= 4 is 62.8 Å². The number of alkyl halides is 3. The smallest absolute Gasteiger partial charge is 0.275 e. The number of rotatable bonds is 4. The summed E-state index contributed by atoms with van der Waals surface area (Å²) in [5.41, 5.74) is 3.71. The highest BCUT2D eigenvalue weighted by Crippen LogP contribution is 2.44. The highest BCUT2D eigenvalue weighted by molar-refractivity contribution is 9.10. The van der Waals surface area contributed by atoms with E-state index >= 15 is 0 Å². The molecule has 0 bridgehead atoms. The fourth-order valence-corrected chi connectivity index (χ4v) is 3.43. The third kappa shape index (κ3) is 3.59. The second-order valence-electron chi connectivity index (χ2n) is 4.87. The normalized spacial score (nSPS) is 23.0. The number of hydrogen-bond acceptors (Lipinski definition) is 3. The molecule has 1 atom stereocenters. The van der Waals surface area contributed by atoms with Gasteiger partial charge < -0.3 is 0 Å². The molecular weight excluding hydrogens is 404 g/mol. The maximum Gasteiger partial charge on any atom is 0.350 e. The minimum atomic E-state index is -2.56. The second-order valence-corrected chi connectivity index (χ2v) is 8.58. The Kier molecular flexibility index (Phi) is 4.31. The van der Waals surface area contributed by atoms with Crippen molar-refractivity contribution in [3.05, 3.63) is 28.7 Å². The van der Waals surface area contributed by atoms with Crippen molar-refractivity contribution in [2.75, 3.05) is 4.90 Å². The largest absolute Gasteiger partial charge is 0.350 e. The second kappa shape index (κ2) is 5.77. The first-order chi connectivity index (χ1) is 9.85. The van der Waals surface area contributed by atoms with E-state index in [4.69, 9.17) is 23.2 Å². The van der Waals surface area contributed by atoms with Crippen molar-refractivity contribution < 1.29 is 9.18 Å². The molecule has 1 N–H and O–H groups in total. The number of amides is 2. The third-order valence-electron chi connectivity index (χ3n) is 3.28. The van der Waals surface area contributed by atoms with E-state index in [0.717, 1.165) is 27.4 Å². The zero-order valence-corrected chi connectivity index (χ0v) is 14.5. The number of hydrogen-bond donors (Lipinski definition) is 1. The van der Waals surface area contributed by atoms with E-state index in [2.05, 4.69) is 21.4 Å². The molecule has 1 aliphatic carbocycles. The molecule has 0 aromatic heterocycles. The summed E-state index contributed by atoms with van der Waals surface area (Å²) in [4.78, 5) is 14.1. The number of urea groups is 1. The van der Waals surface area contributed by atoms with Crippen LogP contribution in [0.2, 0.25) is 0 Å². The Balaban J connectivity index is 1.86. The van der Waals surface area contributed by atoms with Gasteiger partial charge in [-0.15, -0.1) is 0 Å². The molecule has 1 saturated heterocycles. The average molecular weight is 415 g/mol. The Hall–Kier alpha value is -0.210. The van der Waals surface area contributed by atoms with Gasteiger partial charge in [-0.2, -0.15) is 14.2 Å². The number of carbonyl (C=O) groups excluding carboxylic acids is 1. The molecule has 0 spiro atoms. The lowest BCUT2D eigenvalue weighted by Crippen LogP contribution is -2.39. The molecule has 1 aromatic carbocycles. The minimum Gasteiger partial charge on any atom is -0.275 e. The predicted octanol–water partition coefficient (Wildman–Crippen LogP) is 4.64. The van der Waals surface area contributed by atoms with Crippen LogP contribution in [0.15, 0.2) is 28.7 Å². The Morgan fingerprint density at radius 1 is 1.33 bits per heavy atom. The summed E-state index contributed by atoms with van der Waals surface area (Å²) in [6.45, 7) is 0. The zero-order valence-electron chi connectivity index (χ0n) is 10.6. The van der Waals surface area contributed by atoms with Crippen LogP contribution in [0.4, 0.5) is 14.9 Å². The molecule has 1 heterocycles. The first kappa shape index (κ1) is 15.7. The molecule has 2 fully saturated rings. The van der Waals surface area contributed by atoms with E-state index in [1.165, 1.54) is 0 Å². The van der Waals surface area contributed by atoms with E-state index in [1.54, 1.807) is 4.90 Å². The molecule has 0 radical (unpaired) electrons. The van der Waals surface area contributed by atoms with Crippen LogP contribution >= 0.6 is 51.1 Å². The van der Waals surface area contributed by atoms with Gasteiger partial charge in [0.05, 0.1) is 0 Å². The van der Waals surface area contributed by atoms with Gasteiger partial charge in [-0.25, -0.2) is 4.79 Å². The topological polar surface area (TPSA) is 35.6 Å². The Bertz CT molecular complexity index is 552. The van der Waals surface area contributed by atoms with Crippen LogP contribution in [0.5, 0.6) is 0 Å². The van der Waals surface area contributed by atoms with Gasteiger partial charge >= 0.3 is 9.95 Å². The summed E-state index contributed by atoms with van der Waals surface area (Å²) in [7, 11) is 0. The van der Waals surface area contributed by atoms with Crippen molar-refractivity contribution in [1.82, 2.24) is 9.84 Å². The van der Waals surface area contributed by atoms with Crippen LogP contribution in [-0.4, -0.2) is 20.5 Å². The molecule has 3 rings (SSSR count). The first-order valence-electron chi connectivity index (χ1n) is 6.26. The van der Waals surface area contributed by atoms with Crippen LogP contribution in [0.3, 0.4) is 0 Å². The Morgan fingerprint density at radius 3 is 2.48 bits per heavy atom. The lowest BCUT2D eigenvalue weighted by Gasteiger charge is -2.22. The van der Waals surface area contributed by atoms with Crippen molar-refractivity contribution in [2.45, 2.75) is 22.9 Å². The molecule has 21 heavy (non-hydrogen) atoms. The molecule has 1 saturated carbocycles. The van der Waals surface area contributed by atoms with Crippen LogP contribution < -0.4 is 10.3 Å². The van der Waals surface area contributed by atoms with Gasteiger partial charge in [0, 0.05) is 22.1 Å². The van der Waals surface area contributed by atoms with Gasteiger partial charge in [-0.05, 0) is 43.0 Å². The fraction of sp³-hybridized carbons (Fsp3) is 0.417. The van der Waals surface area contributed by atoms with Gasteiger partial charge in [0.25, 0.3) is 0 Å². The van der Waals surface area contributed by atoms with Crippen LogP contribution in [0.1, 0.15) is 12.8 Å². The number of carbonyl (C=O) groups is 1. The SMILES string of the molecule is O=C1N(SC(F)(Cl)Cl)NC(C2CC2)N1c1ccc(Br)cc1. The lowest BCUT2D eigenvalue weighted by atomic mass is 10.2.